The average molecular weight is 484 g/mol. The van der Waals surface area contributed by atoms with Crippen LogP contribution in [0.5, 0.6) is 0 Å². The fraction of sp³-hybridized carbons (Fsp3) is 0.500. The van der Waals surface area contributed by atoms with Crippen LogP contribution in [0.3, 0.4) is 0 Å². The van der Waals surface area contributed by atoms with Gasteiger partial charge in [0, 0.05) is 38.1 Å². The Morgan fingerprint density at radius 1 is 1.12 bits per heavy atom. The van der Waals surface area contributed by atoms with Crippen molar-refractivity contribution in [1.29, 1.82) is 0 Å². The number of hydrogen-bond acceptors (Lipinski definition) is 5. The van der Waals surface area contributed by atoms with Crippen molar-refractivity contribution < 1.29 is 22.7 Å². The Kier molecular flexibility index (Phi) is 6.17. The smallest absolute Gasteiger partial charge is 0.410 e. The molecule has 33 heavy (non-hydrogen) atoms. The normalized spacial score (nSPS) is 16.0. The van der Waals surface area contributed by atoms with Gasteiger partial charge in [-0.3, -0.25) is 4.90 Å². The molecule has 0 saturated carbocycles. The number of alkyl halides is 3. The van der Waals surface area contributed by atoms with Crippen LogP contribution >= 0.6 is 11.6 Å². The topological polar surface area (TPSA) is 63.5 Å². The first-order chi connectivity index (χ1) is 15.4. The van der Waals surface area contributed by atoms with Gasteiger partial charge in [-0.2, -0.15) is 13.2 Å². The highest BCUT2D eigenvalue weighted by molar-refractivity contribution is 6.34. The van der Waals surface area contributed by atoms with Gasteiger partial charge in [-0.15, -0.1) is 0 Å². The van der Waals surface area contributed by atoms with Crippen molar-refractivity contribution in [2.24, 2.45) is 0 Å². The fourth-order valence-corrected chi connectivity index (χ4v) is 4.27. The van der Waals surface area contributed by atoms with Gasteiger partial charge in [0.1, 0.15) is 29.5 Å². The lowest BCUT2D eigenvalue weighted by Gasteiger charge is -2.35. The molecule has 0 aliphatic carbocycles. The number of benzene rings is 1. The number of carbonyl (C=O) groups excluding carboxylic acids is 1. The number of nitrogens with zero attached hydrogens (tertiary/aromatic N) is 5. The molecule has 1 aliphatic heterocycles. The standard InChI is InChI=1S/C22H25ClF3N5O2/c1-21(2,3)33-20(32)30-8-6-29(7-9-30)11-14-4-5-16-15(10-14)17-18(19(23)28-13-27-17)31(16)12-22(24,25)26/h4-5,10,13H,6-9,11-12H2,1-3H3. The van der Waals surface area contributed by atoms with E-state index in [4.69, 9.17) is 16.3 Å². The van der Waals surface area contributed by atoms with Crippen LogP contribution < -0.4 is 0 Å². The van der Waals surface area contributed by atoms with Crippen LogP contribution in [0.4, 0.5) is 18.0 Å². The summed E-state index contributed by atoms with van der Waals surface area (Å²) < 4.78 is 46.2. The molecule has 3 heterocycles. The Balaban J connectivity index is 1.54. The summed E-state index contributed by atoms with van der Waals surface area (Å²) in [4.78, 5) is 24.2. The molecule has 3 aromatic rings. The van der Waals surface area contributed by atoms with Crippen LogP contribution in [0.15, 0.2) is 24.5 Å². The van der Waals surface area contributed by atoms with E-state index in [-0.39, 0.29) is 16.8 Å². The molecule has 1 amide bonds. The highest BCUT2D eigenvalue weighted by atomic mass is 35.5. The Bertz CT molecular complexity index is 1180. The highest BCUT2D eigenvalue weighted by Crippen LogP contribution is 2.34. The number of ether oxygens (including phenoxy) is 1. The maximum absolute atomic E-state index is 13.2. The zero-order chi connectivity index (χ0) is 24.0. The molecule has 0 N–H and O–H groups in total. The summed E-state index contributed by atoms with van der Waals surface area (Å²) in [5.41, 5.74) is 1.37. The van der Waals surface area contributed by atoms with Gasteiger partial charge in [0.15, 0.2) is 5.15 Å². The molecule has 11 heteroatoms. The summed E-state index contributed by atoms with van der Waals surface area (Å²) in [6.07, 6.45) is -3.48. The summed E-state index contributed by atoms with van der Waals surface area (Å²) in [6, 6.07) is 5.34. The molecule has 0 spiro atoms. The van der Waals surface area contributed by atoms with E-state index < -0.39 is 18.3 Å². The van der Waals surface area contributed by atoms with Gasteiger partial charge in [0.25, 0.3) is 0 Å². The Morgan fingerprint density at radius 2 is 1.82 bits per heavy atom. The van der Waals surface area contributed by atoms with Crippen LogP contribution in [0.1, 0.15) is 26.3 Å². The van der Waals surface area contributed by atoms with E-state index in [0.29, 0.717) is 49.1 Å². The van der Waals surface area contributed by atoms with Crippen molar-refractivity contribution in [3.8, 4) is 0 Å². The number of hydrogen-bond donors (Lipinski definition) is 0. The van der Waals surface area contributed by atoms with Crippen molar-refractivity contribution in [3.05, 3.63) is 35.2 Å². The van der Waals surface area contributed by atoms with Crippen molar-refractivity contribution >= 4 is 39.6 Å². The van der Waals surface area contributed by atoms with Gasteiger partial charge in [0.05, 0.1) is 5.52 Å². The number of aromatic nitrogens is 3. The molecule has 0 atom stereocenters. The van der Waals surface area contributed by atoms with Crippen LogP contribution in [0.2, 0.25) is 5.15 Å². The molecular weight excluding hydrogens is 459 g/mol. The zero-order valence-corrected chi connectivity index (χ0v) is 19.4. The van der Waals surface area contributed by atoms with Crippen molar-refractivity contribution in [2.45, 2.75) is 45.6 Å². The third kappa shape index (κ3) is 5.33. The molecule has 0 radical (unpaired) electrons. The summed E-state index contributed by atoms with van der Waals surface area (Å²) >= 11 is 6.15. The second-order valence-electron chi connectivity index (χ2n) is 9.16. The molecule has 1 aliphatic rings. The van der Waals surface area contributed by atoms with Crippen LogP contribution in [-0.2, 0) is 17.8 Å². The molecule has 1 aromatic carbocycles. The number of carbonyl (C=O) groups is 1. The average Bonchev–Trinajstić information content (AvgIpc) is 3.00. The number of fused-ring (bicyclic) bond motifs is 3. The lowest BCUT2D eigenvalue weighted by molar-refractivity contribution is -0.139. The van der Waals surface area contributed by atoms with Crippen molar-refractivity contribution in [1.82, 2.24) is 24.3 Å². The first-order valence-electron chi connectivity index (χ1n) is 10.6. The van der Waals surface area contributed by atoms with E-state index in [2.05, 4.69) is 14.9 Å². The monoisotopic (exact) mass is 483 g/mol. The zero-order valence-electron chi connectivity index (χ0n) is 18.6. The minimum atomic E-state index is -4.41. The first-order valence-corrected chi connectivity index (χ1v) is 11.0. The van der Waals surface area contributed by atoms with E-state index >= 15 is 0 Å². The summed E-state index contributed by atoms with van der Waals surface area (Å²) in [6.45, 7) is 7.36. The molecule has 7 nitrogen and oxygen atoms in total. The number of rotatable bonds is 3. The highest BCUT2D eigenvalue weighted by Gasteiger charge is 2.31. The minimum absolute atomic E-state index is 0.0136. The van der Waals surface area contributed by atoms with E-state index in [1.54, 1.807) is 11.0 Å². The summed E-state index contributed by atoms with van der Waals surface area (Å²) in [5, 5.41) is 0.587. The minimum Gasteiger partial charge on any atom is -0.444 e. The second-order valence-corrected chi connectivity index (χ2v) is 9.52. The van der Waals surface area contributed by atoms with E-state index in [1.165, 1.54) is 6.33 Å². The Hall–Kier alpha value is -2.59. The van der Waals surface area contributed by atoms with Crippen molar-refractivity contribution in [3.63, 3.8) is 0 Å². The number of halogens is 4. The molecule has 1 saturated heterocycles. The molecule has 0 bridgehead atoms. The summed E-state index contributed by atoms with van der Waals surface area (Å²) in [7, 11) is 0. The Morgan fingerprint density at radius 3 is 2.45 bits per heavy atom. The number of amides is 1. The van der Waals surface area contributed by atoms with Crippen LogP contribution in [-0.4, -0.2) is 68.4 Å². The van der Waals surface area contributed by atoms with Crippen LogP contribution in [0, 0.1) is 0 Å². The van der Waals surface area contributed by atoms with E-state index in [9.17, 15) is 18.0 Å². The molecular formula is C22H25ClF3N5O2. The predicted molar refractivity (Wildman–Crippen MR) is 119 cm³/mol. The lowest BCUT2D eigenvalue weighted by Crippen LogP contribution is -2.49. The maximum atomic E-state index is 13.2. The SMILES string of the molecule is CC(C)(C)OC(=O)N1CCN(Cc2ccc3c(c2)c2ncnc(Cl)c2n3CC(F)(F)F)CC1. The van der Waals surface area contributed by atoms with Gasteiger partial charge in [-0.05, 0) is 38.5 Å². The quantitative estimate of drug-likeness (QED) is 0.498. The molecule has 1 fully saturated rings. The number of piperazine rings is 1. The second kappa shape index (κ2) is 8.64. The lowest BCUT2D eigenvalue weighted by atomic mass is 10.1. The van der Waals surface area contributed by atoms with Gasteiger partial charge in [-0.1, -0.05) is 17.7 Å². The van der Waals surface area contributed by atoms with Gasteiger partial charge < -0.3 is 14.2 Å². The third-order valence-electron chi connectivity index (χ3n) is 5.42. The van der Waals surface area contributed by atoms with Crippen molar-refractivity contribution in [2.75, 3.05) is 26.2 Å². The van der Waals surface area contributed by atoms with E-state index in [0.717, 1.165) is 10.1 Å². The Labute approximate surface area is 194 Å². The molecule has 178 valence electrons. The van der Waals surface area contributed by atoms with Crippen LogP contribution in [0.25, 0.3) is 21.9 Å². The van der Waals surface area contributed by atoms with Gasteiger partial charge >= 0.3 is 12.3 Å². The van der Waals surface area contributed by atoms with Gasteiger partial charge in [-0.25, -0.2) is 14.8 Å². The van der Waals surface area contributed by atoms with E-state index in [1.807, 2.05) is 32.9 Å². The first kappa shape index (κ1) is 23.6. The largest absolute Gasteiger partial charge is 0.444 e. The fourth-order valence-electron chi connectivity index (χ4n) is 4.04. The summed E-state index contributed by atoms with van der Waals surface area (Å²) in [5.74, 6) is 0. The molecule has 2 aromatic heterocycles. The van der Waals surface area contributed by atoms with Gasteiger partial charge in [0.2, 0.25) is 0 Å². The predicted octanol–water partition coefficient (Wildman–Crippen LogP) is 4.85. The third-order valence-corrected chi connectivity index (χ3v) is 5.70. The molecule has 4 rings (SSSR count). The molecule has 0 unspecified atom stereocenters. The maximum Gasteiger partial charge on any atom is 0.410 e.